The van der Waals surface area contributed by atoms with Crippen molar-refractivity contribution in [2.24, 2.45) is 5.92 Å². The van der Waals surface area contributed by atoms with Crippen LogP contribution in [0.2, 0.25) is 0 Å². The standard InChI is InChI=1S/C18H25BrN2O2S/c1-23-15-2-3-17(19)16(10-15)18(22)20-11-13-4-7-21(8-5-13)14-6-9-24-12-14/h2-3,10,13-14H,4-9,11-12H2,1H3,(H,20,22). The lowest BCUT2D eigenvalue weighted by atomic mass is 9.95. The molecule has 1 aromatic rings. The van der Waals surface area contributed by atoms with Crippen LogP contribution >= 0.6 is 27.7 Å². The molecule has 1 N–H and O–H groups in total. The molecule has 2 aliphatic rings. The van der Waals surface area contributed by atoms with Gasteiger partial charge in [-0.15, -0.1) is 0 Å². The van der Waals surface area contributed by atoms with Gasteiger partial charge < -0.3 is 10.1 Å². The number of carbonyl (C=O) groups is 1. The number of hydrogen-bond acceptors (Lipinski definition) is 4. The van der Waals surface area contributed by atoms with Crippen LogP contribution in [-0.4, -0.2) is 55.1 Å². The number of likely N-dealkylation sites (tertiary alicyclic amines) is 1. The minimum Gasteiger partial charge on any atom is -0.497 e. The first-order chi connectivity index (χ1) is 11.7. The second kappa shape index (κ2) is 8.59. The van der Waals surface area contributed by atoms with Gasteiger partial charge in [-0.1, -0.05) is 0 Å². The molecule has 2 saturated heterocycles. The molecule has 0 spiro atoms. The van der Waals surface area contributed by atoms with Gasteiger partial charge in [0, 0.05) is 22.8 Å². The molecule has 4 nitrogen and oxygen atoms in total. The van der Waals surface area contributed by atoms with E-state index in [1.165, 1.54) is 43.9 Å². The topological polar surface area (TPSA) is 41.6 Å². The Bertz CT molecular complexity index is 570. The van der Waals surface area contributed by atoms with Crippen molar-refractivity contribution in [1.82, 2.24) is 10.2 Å². The van der Waals surface area contributed by atoms with E-state index in [2.05, 4.69) is 37.9 Å². The summed E-state index contributed by atoms with van der Waals surface area (Å²) in [7, 11) is 1.61. The highest BCUT2D eigenvalue weighted by molar-refractivity contribution is 9.10. The predicted molar refractivity (Wildman–Crippen MR) is 103 cm³/mol. The highest BCUT2D eigenvalue weighted by Gasteiger charge is 2.27. The molecule has 0 aromatic heterocycles. The fourth-order valence-corrected chi connectivity index (χ4v) is 5.15. The predicted octanol–water partition coefficient (Wildman–Crippen LogP) is 3.41. The zero-order chi connectivity index (χ0) is 16.9. The Labute approximate surface area is 156 Å². The number of hydrogen-bond donors (Lipinski definition) is 1. The number of benzene rings is 1. The van der Waals surface area contributed by atoms with E-state index in [0.717, 1.165) is 17.1 Å². The molecule has 1 amide bonds. The van der Waals surface area contributed by atoms with Crippen LogP contribution in [0.1, 0.15) is 29.6 Å². The maximum atomic E-state index is 12.4. The third-order valence-electron chi connectivity index (χ3n) is 5.04. The van der Waals surface area contributed by atoms with Crippen molar-refractivity contribution in [2.75, 3.05) is 38.2 Å². The highest BCUT2D eigenvalue weighted by Crippen LogP contribution is 2.27. The van der Waals surface area contributed by atoms with Gasteiger partial charge in [-0.25, -0.2) is 0 Å². The molecule has 0 aliphatic carbocycles. The monoisotopic (exact) mass is 412 g/mol. The van der Waals surface area contributed by atoms with Crippen LogP contribution in [0.25, 0.3) is 0 Å². The summed E-state index contributed by atoms with van der Waals surface area (Å²) in [5.41, 5.74) is 0.634. The van der Waals surface area contributed by atoms with Crippen LogP contribution in [0.4, 0.5) is 0 Å². The van der Waals surface area contributed by atoms with Crippen LogP contribution in [-0.2, 0) is 0 Å². The number of methoxy groups -OCH3 is 1. The van der Waals surface area contributed by atoms with Crippen LogP contribution in [0.3, 0.4) is 0 Å². The molecule has 3 rings (SSSR count). The fourth-order valence-electron chi connectivity index (χ4n) is 3.47. The van der Waals surface area contributed by atoms with E-state index in [-0.39, 0.29) is 5.91 Å². The van der Waals surface area contributed by atoms with Crippen molar-refractivity contribution in [3.63, 3.8) is 0 Å². The minimum absolute atomic E-state index is 0.0320. The van der Waals surface area contributed by atoms with E-state index in [0.29, 0.717) is 17.2 Å². The largest absolute Gasteiger partial charge is 0.497 e. The van der Waals surface area contributed by atoms with E-state index in [4.69, 9.17) is 4.74 Å². The highest BCUT2D eigenvalue weighted by atomic mass is 79.9. The molecule has 0 saturated carbocycles. The SMILES string of the molecule is COc1ccc(Br)c(C(=O)NCC2CCN(C3CCSC3)CC2)c1. The van der Waals surface area contributed by atoms with E-state index in [9.17, 15) is 4.79 Å². The van der Waals surface area contributed by atoms with E-state index in [1.807, 2.05) is 12.1 Å². The second-order valence-corrected chi connectivity index (χ2v) is 8.56. The second-order valence-electron chi connectivity index (χ2n) is 6.55. The lowest BCUT2D eigenvalue weighted by molar-refractivity contribution is 0.0927. The fraction of sp³-hybridized carbons (Fsp3) is 0.611. The van der Waals surface area contributed by atoms with E-state index in [1.54, 1.807) is 13.2 Å². The molecule has 1 atom stereocenters. The van der Waals surface area contributed by atoms with Gasteiger partial charge >= 0.3 is 0 Å². The summed E-state index contributed by atoms with van der Waals surface area (Å²) in [6.07, 6.45) is 3.71. The molecular formula is C18H25BrN2O2S. The number of halogens is 1. The van der Waals surface area contributed by atoms with Gasteiger partial charge in [0.1, 0.15) is 5.75 Å². The van der Waals surface area contributed by atoms with Gasteiger partial charge in [-0.05, 0) is 78.2 Å². The molecule has 0 radical (unpaired) electrons. The Morgan fingerprint density at radius 2 is 2.17 bits per heavy atom. The zero-order valence-corrected chi connectivity index (χ0v) is 16.5. The molecule has 1 unspecified atom stereocenters. The Hall–Kier alpha value is -0.720. The van der Waals surface area contributed by atoms with Gasteiger partial charge in [0.05, 0.1) is 12.7 Å². The Kier molecular flexibility index (Phi) is 6.47. The van der Waals surface area contributed by atoms with E-state index < -0.39 is 0 Å². The lowest BCUT2D eigenvalue weighted by Gasteiger charge is -2.35. The number of amides is 1. The summed E-state index contributed by atoms with van der Waals surface area (Å²) in [6, 6.07) is 6.27. The van der Waals surface area contributed by atoms with Crippen LogP contribution in [0.15, 0.2) is 22.7 Å². The third kappa shape index (κ3) is 4.46. The lowest BCUT2D eigenvalue weighted by Crippen LogP contribution is -2.43. The van der Waals surface area contributed by atoms with Crippen molar-refractivity contribution in [2.45, 2.75) is 25.3 Å². The molecule has 0 bridgehead atoms. The molecule has 2 aliphatic heterocycles. The molecule has 2 heterocycles. The van der Waals surface area contributed by atoms with Gasteiger partial charge in [0.2, 0.25) is 0 Å². The minimum atomic E-state index is -0.0320. The van der Waals surface area contributed by atoms with Crippen LogP contribution in [0.5, 0.6) is 5.75 Å². The molecule has 1 aromatic carbocycles. The van der Waals surface area contributed by atoms with Gasteiger partial charge in [-0.2, -0.15) is 11.8 Å². The van der Waals surface area contributed by atoms with Crippen molar-refractivity contribution >= 4 is 33.6 Å². The summed E-state index contributed by atoms with van der Waals surface area (Å²) < 4.78 is 6.01. The Morgan fingerprint density at radius 1 is 1.38 bits per heavy atom. The van der Waals surface area contributed by atoms with Crippen molar-refractivity contribution in [1.29, 1.82) is 0 Å². The van der Waals surface area contributed by atoms with Crippen LogP contribution < -0.4 is 10.1 Å². The first kappa shape index (κ1) is 18.1. The van der Waals surface area contributed by atoms with Gasteiger partial charge in [0.15, 0.2) is 0 Å². The summed E-state index contributed by atoms with van der Waals surface area (Å²) in [4.78, 5) is 15.1. The normalized spacial score (nSPS) is 22.5. The molecule has 2 fully saturated rings. The van der Waals surface area contributed by atoms with Crippen molar-refractivity contribution in [3.8, 4) is 5.75 Å². The number of thioether (sulfide) groups is 1. The summed E-state index contributed by atoms with van der Waals surface area (Å²) in [5, 5.41) is 3.10. The molecule has 6 heteroatoms. The maximum absolute atomic E-state index is 12.4. The van der Waals surface area contributed by atoms with E-state index >= 15 is 0 Å². The smallest absolute Gasteiger partial charge is 0.252 e. The number of nitrogens with one attached hydrogen (secondary N) is 1. The average molecular weight is 413 g/mol. The quantitative estimate of drug-likeness (QED) is 0.804. The number of carbonyl (C=O) groups excluding carboxylic acids is 1. The van der Waals surface area contributed by atoms with Crippen molar-refractivity contribution in [3.05, 3.63) is 28.2 Å². The Balaban J connectivity index is 1.47. The summed E-state index contributed by atoms with van der Waals surface area (Å²) >= 11 is 5.53. The third-order valence-corrected chi connectivity index (χ3v) is 6.88. The molecule has 24 heavy (non-hydrogen) atoms. The average Bonchev–Trinajstić information content (AvgIpc) is 3.15. The van der Waals surface area contributed by atoms with Gasteiger partial charge in [-0.3, -0.25) is 9.69 Å². The first-order valence-electron chi connectivity index (χ1n) is 8.61. The van der Waals surface area contributed by atoms with Gasteiger partial charge in [0.25, 0.3) is 5.91 Å². The van der Waals surface area contributed by atoms with Crippen LogP contribution in [0, 0.1) is 5.92 Å². The number of ether oxygens (including phenoxy) is 1. The first-order valence-corrected chi connectivity index (χ1v) is 10.6. The zero-order valence-electron chi connectivity index (χ0n) is 14.1. The summed E-state index contributed by atoms with van der Waals surface area (Å²) in [5.74, 6) is 3.87. The summed E-state index contributed by atoms with van der Waals surface area (Å²) in [6.45, 7) is 3.11. The molecular weight excluding hydrogens is 388 g/mol. The van der Waals surface area contributed by atoms with Crippen molar-refractivity contribution < 1.29 is 9.53 Å². The Morgan fingerprint density at radius 3 is 2.83 bits per heavy atom. The maximum Gasteiger partial charge on any atom is 0.252 e. The number of rotatable bonds is 5. The number of nitrogens with zero attached hydrogens (tertiary/aromatic N) is 1. The number of piperidine rings is 1. The molecule has 132 valence electrons.